The van der Waals surface area contributed by atoms with Gasteiger partial charge in [0, 0.05) is 0 Å². The molecule has 1 atom stereocenters. The molecule has 0 aliphatic carbocycles. The number of carboxylic acid groups (broad SMARTS) is 1. The van der Waals surface area contributed by atoms with Crippen molar-refractivity contribution in [1.82, 2.24) is 4.90 Å². The van der Waals surface area contributed by atoms with Crippen LogP contribution in [0.25, 0.3) is 0 Å². The fourth-order valence-corrected chi connectivity index (χ4v) is 2.78. The first kappa shape index (κ1) is 16.3. The van der Waals surface area contributed by atoms with Crippen LogP contribution in [-0.4, -0.2) is 40.6 Å². The maximum absolute atomic E-state index is 12.8. The Morgan fingerprint density at radius 2 is 1.79 bits per heavy atom. The summed E-state index contributed by atoms with van der Waals surface area (Å²) < 4.78 is 11.1. The smallest absolute Gasteiger partial charge is 0.371 e. The van der Waals surface area contributed by atoms with Crippen molar-refractivity contribution in [3.05, 3.63) is 59.5 Å². The molecule has 2 heterocycles. The lowest BCUT2D eigenvalue weighted by atomic mass is 9.97. The van der Waals surface area contributed by atoms with Crippen LogP contribution in [0.5, 0.6) is 0 Å². The Morgan fingerprint density at radius 1 is 1.12 bits per heavy atom. The summed E-state index contributed by atoms with van der Waals surface area (Å²) in [5.41, 5.74) is 0.481. The number of morpholine rings is 1. The number of benzene rings is 1. The molecule has 2 aromatic rings. The zero-order valence-corrected chi connectivity index (χ0v) is 13.6. The minimum atomic E-state index is -1.20. The lowest BCUT2D eigenvalue weighted by molar-refractivity contribution is -0.0854. The van der Waals surface area contributed by atoms with E-state index >= 15 is 0 Å². The predicted octanol–water partition coefficient (Wildman–Crippen LogP) is 2.97. The highest BCUT2D eigenvalue weighted by Gasteiger charge is 2.40. The Balaban J connectivity index is 1.85. The molecule has 0 radical (unpaired) electrons. The number of carbonyl (C=O) groups is 2. The Bertz CT molecular complexity index is 750. The Morgan fingerprint density at radius 3 is 2.42 bits per heavy atom. The van der Waals surface area contributed by atoms with E-state index in [0.29, 0.717) is 13.2 Å². The average molecular weight is 329 g/mol. The van der Waals surface area contributed by atoms with Crippen molar-refractivity contribution in [3.63, 3.8) is 0 Å². The normalized spacial score (nSPS) is 19.9. The van der Waals surface area contributed by atoms with E-state index in [1.54, 1.807) is 4.90 Å². The van der Waals surface area contributed by atoms with Crippen LogP contribution in [0.2, 0.25) is 0 Å². The summed E-state index contributed by atoms with van der Waals surface area (Å²) in [7, 11) is 0. The third kappa shape index (κ3) is 3.05. The zero-order chi connectivity index (χ0) is 17.3. The summed E-state index contributed by atoms with van der Waals surface area (Å²) in [6.45, 7) is 4.57. The summed E-state index contributed by atoms with van der Waals surface area (Å²) >= 11 is 0. The topological polar surface area (TPSA) is 80.0 Å². The Kier molecular flexibility index (Phi) is 4.15. The number of amides is 1. The quantitative estimate of drug-likeness (QED) is 0.936. The third-order valence-corrected chi connectivity index (χ3v) is 4.16. The molecule has 1 aromatic carbocycles. The van der Waals surface area contributed by atoms with Crippen molar-refractivity contribution in [2.45, 2.75) is 25.5 Å². The zero-order valence-electron chi connectivity index (χ0n) is 13.6. The van der Waals surface area contributed by atoms with Crippen LogP contribution in [-0.2, 0) is 4.74 Å². The summed E-state index contributed by atoms with van der Waals surface area (Å²) in [5, 5.41) is 8.95. The van der Waals surface area contributed by atoms with Gasteiger partial charge in [-0.05, 0) is 31.5 Å². The van der Waals surface area contributed by atoms with Gasteiger partial charge in [0.05, 0.1) is 18.7 Å². The maximum atomic E-state index is 12.8. The van der Waals surface area contributed by atoms with E-state index in [1.807, 2.05) is 44.2 Å². The second-order valence-corrected chi connectivity index (χ2v) is 6.41. The Labute approximate surface area is 139 Å². The van der Waals surface area contributed by atoms with Gasteiger partial charge in [-0.25, -0.2) is 4.79 Å². The highest BCUT2D eigenvalue weighted by atomic mass is 16.5. The van der Waals surface area contributed by atoms with Gasteiger partial charge in [0.2, 0.25) is 5.76 Å². The van der Waals surface area contributed by atoms with Crippen molar-refractivity contribution in [1.29, 1.82) is 0 Å². The largest absolute Gasteiger partial charge is 0.475 e. The van der Waals surface area contributed by atoms with Gasteiger partial charge in [-0.3, -0.25) is 4.79 Å². The van der Waals surface area contributed by atoms with Crippen molar-refractivity contribution in [2.24, 2.45) is 0 Å². The molecule has 3 rings (SSSR count). The van der Waals surface area contributed by atoms with E-state index in [0.717, 1.165) is 5.56 Å². The molecule has 24 heavy (non-hydrogen) atoms. The molecule has 1 amide bonds. The van der Waals surface area contributed by atoms with Gasteiger partial charge in [0.1, 0.15) is 6.10 Å². The molecule has 6 nitrogen and oxygen atoms in total. The van der Waals surface area contributed by atoms with Crippen LogP contribution in [0.4, 0.5) is 0 Å². The maximum Gasteiger partial charge on any atom is 0.371 e. The molecule has 1 aromatic heterocycles. The van der Waals surface area contributed by atoms with Crippen LogP contribution in [0.1, 0.15) is 46.6 Å². The standard InChI is InChI=1S/C18H19NO5/c1-18(2)11-23-15(12-6-4-3-5-7-12)10-19(18)16(20)13-8-9-14(24-13)17(21)22/h3-9,15H,10-11H2,1-2H3,(H,21,22)/t15-/m0/s1. The van der Waals surface area contributed by atoms with Gasteiger partial charge in [0.15, 0.2) is 5.76 Å². The molecule has 1 aliphatic rings. The molecule has 1 N–H and O–H groups in total. The fourth-order valence-electron chi connectivity index (χ4n) is 2.78. The van der Waals surface area contributed by atoms with Crippen LogP contribution in [0, 0.1) is 0 Å². The van der Waals surface area contributed by atoms with Crippen molar-refractivity contribution in [2.75, 3.05) is 13.2 Å². The minimum absolute atomic E-state index is 0.0224. The van der Waals surface area contributed by atoms with Crippen molar-refractivity contribution >= 4 is 11.9 Å². The first-order valence-corrected chi connectivity index (χ1v) is 7.70. The number of hydrogen-bond acceptors (Lipinski definition) is 4. The van der Waals surface area contributed by atoms with E-state index in [9.17, 15) is 9.59 Å². The van der Waals surface area contributed by atoms with Crippen LogP contribution in [0.3, 0.4) is 0 Å². The van der Waals surface area contributed by atoms with E-state index < -0.39 is 11.5 Å². The lowest BCUT2D eigenvalue weighted by Gasteiger charge is -2.45. The lowest BCUT2D eigenvalue weighted by Crippen LogP contribution is -2.56. The summed E-state index contributed by atoms with van der Waals surface area (Å²) in [6.07, 6.45) is -0.225. The summed E-state index contributed by atoms with van der Waals surface area (Å²) in [5.74, 6) is -1.76. The number of furan rings is 1. The highest BCUT2D eigenvalue weighted by molar-refractivity contribution is 5.94. The molecular formula is C18H19NO5. The van der Waals surface area contributed by atoms with Gasteiger partial charge in [-0.15, -0.1) is 0 Å². The third-order valence-electron chi connectivity index (χ3n) is 4.16. The first-order chi connectivity index (χ1) is 11.4. The molecule has 126 valence electrons. The molecule has 1 fully saturated rings. The SMILES string of the molecule is CC1(C)CO[C@H](c2ccccc2)CN1C(=O)c1ccc(C(=O)O)o1. The van der Waals surface area contributed by atoms with Crippen LogP contribution >= 0.6 is 0 Å². The average Bonchev–Trinajstić information content (AvgIpc) is 3.05. The summed E-state index contributed by atoms with van der Waals surface area (Å²) in [4.78, 5) is 25.4. The number of carboxylic acids is 1. The van der Waals surface area contributed by atoms with Gasteiger partial charge in [-0.1, -0.05) is 30.3 Å². The molecule has 0 bridgehead atoms. The fraction of sp³-hybridized carbons (Fsp3) is 0.333. The van der Waals surface area contributed by atoms with Gasteiger partial charge in [-0.2, -0.15) is 0 Å². The van der Waals surface area contributed by atoms with E-state index in [2.05, 4.69) is 0 Å². The van der Waals surface area contributed by atoms with E-state index in [-0.39, 0.29) is 23.5 Å². The number of carbonyl (C=O) groups excluding carboxylic acids is 1. The number of aromatic carboxylic acids is 1. The Hall–Kier alpha value is -2.60. The van der Waals surface area contributed by atoms with Gasteiger partial charge in [0.25, 0.3) is 5.91 Å². The molecule has 1 aliphatic heterocycles. The highest BCUT2D eigenvalue weighted by Crippen LogP contribution is 2.31. The number of nitrogens with zero attached hydrogens (tertiary/aromatic N) is 1. The van der Waals surface area contributed by atoms with E-state index in [1.165, 1.54) is 12.1 Å². The molecule has 0 saturated carbocycles. The molecule has 0 unspecified atom stereocenters. The molecule has 1 saturated heterocycles. The number of hydrogen-bond donors (Lipinski definition) is 1. The molecule has 0 spiro atoms. The van der Waals surface area contributed by atoms with E-state index in [4.69, 9.17) is 14.3 Å². The van der Waals surface area contributed by atoms with Crippen LogP contribution < -0.4 is 0 Å². The van der Waals surface area contributed by atoms with Crippen molar-refractivity contribution in [3.8, 4) is 0 Å². The van der Waals surface area contributed by atoms with Crippen molar-refractivity contribution < 1.29 is 23.8 Å². The predicted molar refractivity (Wildman–Crippen MR) is 85.9 cm³/mol. The summed E-state index contributed by atoms with van der Waals surface area (Å²) in [6, 6.07) is 12.4. The molecular weight excluding hydrogens is 310 g/mol. The van der Waals surface area contributed by atoms with Crippen LogP contribution in [0.15, 0.2) is 46.9 Å². The number of rotatable bonds is 3. The number of ether oxygens (including phenoxy) is 1. The van der Waals surface area contributed by atoms with Gasteiger partial charge < -0.3 is 19.2 Å². The monoisotopic (exact) mass is 329 g/mol. The van der Waals surface area contributed by atoms with Gasteiger partial charge >= 0.3 is 5.97 Å². The first-order valence-electron chi connectivity index (χ1n) is 7.70. The molecule has 6 heteroatoms. The second kappa shape index (κ2) is 6.13. The second-order valence-electron chi connectivity index (χ2n) is 6.41. The minimum Gasteiger partial charge on any atom is -0.475 e.